The van der Waals surface area contributed by atoms with Gasteiger partial charge in [-0.15, -0.1) is 0 Å². The molecule has 1 aromatic carbocycles. The fourth-order valence-electron chi connectivity index (χ4n) is 4.12. The number of fused-ring (bicyclic) bond motifs is 5. The van der Waals surface area contributed by atoms with E-state index in [9.17, 15) is 14.7 Å². The van der Waals surface area contributed by atoms with Gasteiger partial charge in [-0.1, -0.05) is 25.1 Å². The summed E-state index contributed by atoms with van der Waals surface area (Å²) in [4.78, 5) is 30.3. The second kappa shape index (κ2) is 5.58. The number of benzene rings is 1. The van der Waals surface area contributed by atoms with Crippen molar-refractivity contribution in [3.05, 3.63) is 63.4 Å². The summed E-state index contributed by atoms with van der Waals surface area (Å²) in [6, 6.07) is 11.6. The minimum absolute atomic E-state index is 0.0967. The lowest BCUT2D eigenvalue weighted by atomic mass is 9.84. The van der Waals surface area contributed by atoms with E-state index in [-0.39, 0.29) is 31.0 Å². The van der Waals surface area contributed by atoms with Gasteiger partial charge in [-0.2, -0.15) is 0 Å². The van der Waals surface area contributed by atoms with Crippen LogP contribution in [-0.4, -0.2) is 27.0 Å². The average Bonchev–Trinajstić information content (AvgIpc) is 3.04. The highest BCUT2D eigenvalue weighted by Crippen LogP contribution is 2.37. The number of ether oxygens (including phenoxy) is 1. The van der Waals surface area contributed by atoms with Crippen LogP contribution in [0.15, 0.2) is 41.2 Å². The number of pyridine rings is 2. The minimum atomic E-state index is -1.78. The highest BCUT2D eigenvalue weighted by molar-refractivity contribution is 5.90. The molecule has 2 aromatic heterocycles. The van der Waals surface area contributed by atoms with Crippen LogP contribution >= 0.6 is 0 Å². The first-order valence-electron chi connectivity index (χ1n) is 9.02. The Bertz CT molecular complexity index is 1180. The molecule has 0 aliphatic carbocycles. The number of hydrogen-bond acceptors (Lipinski definition) is 5. The summed E-state index contributed by atoms with van der Waals surface area (Å²) in [6.45, 7) is 2.08. The van der Waals surface area contributed by atoms with E-state index in [1.165, 1.54) is 0 Å². The quantitative estimate of drug-likeness (QED) is 0.591. The molecule has 0 bridgehead atoms. The van der Waals surface area contributed by atoms with Crippen molar-refractivity contribution in [3.8, 4) is 11.4 Å². The van der Waals surface area contributed by atoms with Gasteiger partial charge in [-0.05, 0) is 18.2 Å². The molecule has 0 amide bonds. The van der Waals surface area contributed by atoms with E-state index in [0.29, 0.717) is 23.4 Å². The molecule has 4 heterocycles. The SMILES string of the molecule is CCC(=O)C1(O)COCc2c1cc1n(c2=O)Cc2cc3ccccc3nc2-1. The number of carbonyl (C=O) groups is 1. The number of nitrogens with zero attached hydrogens (tertiary/aromatic N) is 2. The molecule has 0 spiro atoms. The molecular weight excluding hydrogens is 344 g/mol. The smallest absolute Gasteiger partial charge is 0.257 e. The van der Waals surface area contributed by atoms with E-state index >= 15 is 0 Å². The van der Waals surface area contributed by atoms with Crippen molar-refractivity contribution < 1.29 is 14.6 Å². The van der Waals surface area contributed by atoms with Crippen LogP contribution in [0.25, 0.3) is 22.3 Å². The lowest BCUT2D eigenvalue weighted by Gasteiger charge is -2.33. The van der Waals surface area contributed by atoms with Crippen molar-refractivity contribution in [2.24, 2.45) is 0 Å². The topological polar surface area (TPSA) is 81.4 Å². The first-order valence-corrected chi connectivity index (χ1v) is 9.02. The highest BCUT2D eigenvalue weighted by atomic mass is 16.5. The van der Waals surface area contributed by atoms with Crippen LogP contribution in [0, 0.1) is 0 Å². The Kier molecular flexibility index (Phi) is 3.38. The second-order valence-corrected chi connectivity index (χ2v) is 7.13. The average molecular weight is 362 g/mol. The Labute approximate surface area is 155 Å². The highest BCUT2D eigenvalue weighted by Gasteiger charge is 2.43. The first-order chi connectivity index (χ1) is 13.0. The summed E-state index contributed by atoms with van der Waals surface area (Å²) in [6.07, 6.45) is 0.164. The maximum absolute atomic E-state index is 13.1. The summed E-state index contributed by atoms with van der Waals surface area (Å²) >= 11 is 0. The van der Waals surface area contributed by atoms with Crippen molar-refractivity contribution >= 4 is 16.7 Å². The van der Waals surface area contributed by atoms with Crippen LogP contribution in [0.1, 0.15) is 30.0 Å². The van der Waals surface area contributed by atoms with Gasteiger partial charge < -0.3 is 14.4 Å². The molecule has 5 rings (SSSR count). The molecule has 6 nitrogen and oxygen atoms in total. The third kappa shape index (κ3) is 2.17. The van der Waals surface area contributed by atoms with E-state index in [1.807, 2.05) is 30.3 Å². The Morgan fingerprint density at radius 2 is 2.15 bits per heavy atom. The Morgan fingerprint density at radius 1 is 1.33 bits per heavy atom. The molecule has 6 heteroatoms. The van der Waals surface area contributed by atoms with Gasteiger partial charge in [0.05, 0.1) is 36.7 Å². The van der Waals surface area contributed by atoms with E-state index < -0.39 is 5.60 Å². The zero-order valence-electron chi connectivity index (χ0n) is 14.9. The Hall–Kier alpha value is -2.83. The number of aliphatic hydroxyl groups is 1. The van der Waals surface area contributed by atoms with Gasteiger partial charge in [-0.25, -0.2) is 4.98 Å². The zero-order chi connectivity index (χ0) is 18.8. The van der Waals surface area contributed by atoms with Crippen LogP contribution in [0.5, 0.6) is 0 Å². The molecule has 1 unspecified atom stereocenters. The van der Waals surface area contributed by atoms with E-state index in [4.69, 9.17) is 9.72 Å². The van der Waals surface area contributed by atoms with Gasteiger partial charge in [0, 0.05) is 28.5 Å². The molecule has 0 radical (unpaired) electrons. The van der Waals surface area contributed by atoms with Crippen LogP contribution in [0.2, 0.25) is 0 Å². The number of rotatable bonds is 2. The second-order valence-electron chi connectivity index (χ2n) is 7.13. The molecular formula is C21H18N2O4. The van der Waals surface area contributed by atoms with E-state index in [2.05, 4.69) is 0 Å². The van der Waals surface area contributed by atoms with Crippen LogP contribution in [0.4, 0.5) is 0 Å². The fourth-order valence-corrected chi connectivity index (χ4v) is 4.12. The number of para-hydroxylation sites is 1. The number of carbonyl (C=O) groups excluding carboxylic acids is 1. The summed E-state index contributed by atoms with van der Waals surface area (Å²) in [5.41, 5.74) is 1.88. The number of hydrogen-bond donors (Lipinski definition) is 1. The summed E-state index contributed by atoms with van der Waals surface area (Å²) in [7, 11) is 0. The minimum Gasteiger partial charge on any atom is -0.375 e. The van der Waals surface area contributed by atoms with Crippen molar-refractivity contribution in [2.45, 2.75) is 32.1 Å². The summed E-state index contributed by atoms with van der Waals surface area (Å²) < 4.78 is 7.07. The summed E-state index contributed by atoms with van der Waals surface area (Å²) in [5.74, 6) is -0.350. The van der Waals surface area contributed by atoms with Crippen LogP contribution in [0.3, 0.4) is 0 Å². The van der Waals surface area contributed by atoms with Gasteiger partial charge in [-0.3, -0.25) is 9.59 Å². The van der Waals surface area contributed by atoms with Crippen molar-refractivity contribution in [1.82, 2.24) is 9.55 Å². The van der Waals surface area contributed by atoms with Crippen LogP contribution in [-0.2, 0) is 28.3 Å². The molecule has 2 aliphatic heterocycles. The lowest BCUT2D eigenvalue weighted by molar-refractivity contribution is -0.149. The van der Waals surface area contributed by atoms with Crippen molar-refractivity contribution in [1.29, 1.82) is 0 Å². The standard InChI is InChI=1S/C21H18N2O4/c1-2-18(24)21(26)11-27-10-14-15(21)8-17-19-13(9-23(17)20(14)25)7-12-5-3-4-6-16(12)22-19/h3-8,26H,2,9-11H2,1H3. The van der Waals surface area contributed by atoms with E-state index in [0.717, 1.165) is 22.2 Å². The Morgan fingerprint density at radius 3 is 2.96 bits per heavy atom. The Balaban J connectivity index is 1.79. The predicted molar refractivity (Wildman–Crippen MR) is 99.4 cm³/mol. The molecule has 0 saturated heterocycles. The molecule has 136 valence electrons. The van der Waals surface area contributed by atoms with Gasteiger partial charge in [0.1, 0.15) is 0 Å². The molecule has 0 saturated carbocycles. The molecule has 3 aromatic rings. The van der Waals surface area contributed by atoms with Crippen molar-refractivity contribution in [3.63, 3.8) is 0 Å². The van der Waals surface area contributed by atoms with E-state index in [1.54, 1.807) is 17.6 Å². The largest absolute Gasteiger partial charge is 0.375 e. The molecule has 1 atom stereocenters. The monoisotopic (exact) mass is 362 g/mol. The predicted octanol–water partition coefficient (Wildman–Crippen LogP) is 2.12. The first kappa shape index (κ1) is 16.4. The number of ketones is 1. The normalized spacial score (nSPS) is 20.2. The maximum Gasteiger partial charge on any atom is 0.257 e. The molecule has 0 fully saturated rings. The zero-order valence-corrected chi connectivity index (χ0v) is 14.9. The fraction of sp³-hybridized carbons (Fsp3) is 0.286. The van der Waals surface area contributed by atoms with Gasteiger partial charge in [0.15, 0.2) is 11.4 Å². The third-order valence-corrected chi connectivity index (χ3v) is 5.56. The van der Waals surface area contributed by atoms with Gasteiger partial charge in [0.25, 0.3) is 5.56 Å². The van der Waals surface area contributed by atoms with Gasteiger partial charge in [0.2, 0.25) is 0 Å². The third-order valence-electron chi connectivity index (χ3n) is 5.56. The van der Waals surface area contributed by atoms with Gasteiger partial charge >= 0.3 is 0 Å². The van der Waals surface area contributed by atoms with Crippen LogP contribution < -0.4 is 5.56 Å². The lowest BCUT2D eigenvalue weighted by Crippen LogP contribution is -2.46. The summed E-state index contributed by atoms with van der Waals surface area (Å²) in [5, 5.41) is 12.0. The molecule has 1 N–H and O–H groups in total. The maximum atomic E-state index is 13.1. The molecule has 2 aliphatic rings. The number of Topliss-reactive ketones (excluding diaryl/α,β-unsaturated/α-hetero) is 1. The number of aromatic nitrogens is 2. The molecule has 27 heavy (non-hydrogen) atoms. The van der Waals surface area contributed by atoms with Crippen molar-refractivity contribution in [2.75, 3.05) is 6.61 Å².